The molecule has 8 nitrogen and oxygen atoms in total. The molecule has 0 bridgehead atoms. The zero-order chi connectivity index (χ0) is 22.0. The van der Waals surface area contributed by atoms with Gasteiger partial charge in [0.2, 0.25) is 0 Å². The van der Waals surface area contributed by atoms with Crippen LogP contribution in [0.3, 0.4) is 0 Å². The standard InChI is InChI=1S/C23H22N4O4/c1-4-19(22(28)26-20-11-14(3)31-27-20)30-23(29)16-9-10-17-18(12-16)25-21(24-17)15-7-5-13(2)6-8-15/h5-12,19H,4H2,1-3H3,(H,24,25)(H,26,27,28). The van der Waals surface area contributed by atoms with Gasteiger partial charge in [0, 0.05) is 11.6 Å². The van der Waals surface area contributed by atoms with Gasteiger partial charge in [0.15, 0.2) is 11.9 Å². The minimum atomic E-state index is -0.954. The van der Waals surface area contributed by atoms with Crippen molar-refractivity contribution in [1.29, 1.82) is 0 Å². The Bertz CT molecular complexity index is 1240. The molecule has 0 spiro atoms. The van der Waals surface area contributed by atoms with Gasteiger partial charge < -0.3 is 19.6 Å². The molecule has 2 N–H and O–H groups in total. The number of aromatic nitrogens is 3. The van der Waals surface area contributed by atoms with Gasteiger partial charge in [0.05, 0.1) is 16.6 Å². The number of amides is 1. The normalized spacial score (nSPS) is 12.0. The quantitative estimate of drug-likeness (QED) is 0.449. The molecule has 1 unspecified atom stereocenters. The second kappa shape index (κ2) is 8.43. The molecule has 0 fully saturated rings. The maximum atomic E-state index is 12.7. The van der Waals surface area contributed by atoms with Gasteiger partial charge in [-0.25, -0.2) is 9.78 Å². The third-order valence-electron chi connectivity index (χ3n) is 4.83. The first kappa shape index (κ1) is 20.3. The van der Waals surface area contributed by atoms with Gasteiger partial charge >= 0.3 is 5.97 Å². The maximum Gasteiger partial charge on any atom is 0.338 e. The van der Waals surface area contributed by atoms with E-state index in [9.17, 15) is 9.59 Å². The van der Waals surface area contributed by atoms with E-state index in [0.29, 0.717) is 29.1 Å². The van der Waals surface area contributed by atoms with Gasteiger partial charge in [-0.15, -0.1) is 0 Å². The van der Waals surface area contributed by atoms with Crippen molar-refractivity contribution in [3.8, 4) is 11.4 Å². The topological polar surface area (TPSA) is 110 Å². The van der Waals surface area contributed by atoms with Crippen LogP contribution in [-0.2, 0) is 9.53 Å². The van der Waals surface area contributed by atoms with E-state index in [-0.39, 0.29) is 5.82 Å². The lowest BCUT2D eigenvalue weighted by Gasteiger charge is -2.15. The Hall–Kier alpha value is -3.94. The van der Waals surface area contributed by atoms with Crippen molar-refractivity contribution in [2.24, 2.45) is 0 Å². The number of H-pyrrole nitrogens is 1. The van der Waals surface area contributed by atoms with Crippen molar-refractivity contribution >= 4 is 28.7 Å². The summed E-state index contributed by atoms with van der Waals surface area (Å²) in [5.41, 5.74) is 3.89. The highest BCUT2D eigenvalue weighted by Gasteiger charge is 2.23. The Labute approximate surface area is 178 Å². The van der Waals surface area contributed by atoms with Crippen LogP contribution in [0.15, 0.2) is 53.1 Å². The van der Waals surface area contributed by atoms with Crippen molar-refractivity contribution in [3.63, 3.8) is 0 Å². The van der Waals surface area contributed by atoms with Crippen LogP contribution in [0.1, 0.15) is 35.0 Å². The summed E-state index contributed by atoms with van der Waals surface area (Å²) in [5, 5.41) is 6.31. The molecule has 0 saturated carbocycles. The highest BCUT2D eigenvalue weighted by atomic mass is 16.5. The van der Waals surface area contributed by atoms with Gasteiger partial charge in [0.1, 0.15) is 11.6 Å². The zero-order valence-corrected chi connectivity index (χ0v) is 17.4. The average Bonchev–Trinajstić information content (AvgIpc) is 3.37. The molecule has 4 aromatic rings. The molecule has 1 atom stereocenters. The van der Waals surface area contributed by atoms with Gasteiger partial charge in [-0.3, -0.25) is 4.79 Å². The average molecular weight is 418 g/mol. The van der Waals surface area contributed by atoms with E-state index in [0.717, 1.165) is 16.6 Å². The number of carbonyl (C=O) groups excluding carboxylic acids is 2. The number of nitrogens with zero attached hydrogens (tertiary/aromatic N) is 2. The largest absolute Gasteiger partial charge is 0.449 e. The molecule has 4 rings (SSSR count). The molecule has 2 heterocycles. The molecule has 0 aliphatic heterocycles. The summed E-state index contributed by atoms with van der Waals surface area (Å²) in [6.07, 6.45) is -0.636. The Kier molecular flexibility index (Phi) is 5.53. The summed E-state index contributed by atoms with van der Waals surface area (Å²) >= 11 is 0. The maximum absolute atomic E-state index is 12.7. The Balaban J connectivity index is 1.49. The van der Waals surface area contributed by atoms with Crippen LogP contribution in [0.25, 0.3) is 22.4 Å². The van der Waals surface area contributed by atoms with Gasteiger partial charge in [0.25, 0.3) is 5.91 Å². The molecular weight excluding hydrogens is 396 g/mol. The van der Waals surface area contributed by atoms with Crippen LogP contribution >= 0.6 is 0 Å². The number of ether oxygens (including phenoxy) is 1. The molecule has 0 saturated heterocycles. The summed E-state index contributed by atoms with van der Waals surface area (Å²) in [4.78, 5) is 32.9. The lowest BCUT2D eigenvalue weighted by atomic mass is 10.1. The summed E-state index contributed by atoms with van der Waals surface area (Å²) < 4.78 is 10.4. The molecular formula is C23H22N4O4. The Morgan fingerprint density at radius 2 is 1.90 bits per heavy atom. The summed E-state index contributed by atoms with van der Waals surface area (Å²) in [6.45, 7) is 5.50. The molecule has 1 amide bonds. The van der Waals surface area contributed by atoms with E-state index in [1.807, 2.05) is 31.2 Å². The number of fused-ring (bicyclic) bond motifs is 1. The Morgan fingerprint density at radius 3 is 2.58 bits per heavy atom. The fraction of sp³-hybridized carbons (Fsp3) is 0.217. The number of aryl methyl sites for hydroxylation is 2. The zero-order valence-electron chi connectivity index (χ0n) is 17.4. The van der Waals surface area contributed by atoms with Crippen LogP contribution in [-0.4, -0.2) is 33.1 Å². The highest BCUT2D eigenvalue weighted by molar-refractivity contribution is 5.98. The smallest absolute Gasteiger partial charge is 0.338 e. The lowest BCUT2D eigenvalue weighted by molar-refractivity contribution is -0.124. The molecule has 2 aromatic heterocycles. The summed E-state index contributed by atoms with van der Waals surface area (Å²) in [7, 11) is 0. The van der Waals surface area contributed by atoms with Crippen molar-refractivity contribution in [3.05, 3.63) is 65.4 Å². The summed E-state index contributed by atoms with van der Waals surface area (Å²) in [6, 6.07) is 14.7. The van der Waals surface area contributed by atoms with E-state index in [1.54, 1.807) is 38.1 Å². The van der Waals surface area contributed by atoms with Crippen LogP contribution in [0.4, 0.5) is 5.82 Å². The molecule has 8 heteroatoms. The first-order chi connectivity index (χ1) is 14.9. The number of carbonyl (C=O) groups is 2. The van der Waals surface area contributed by atoms with E-state index in [1.165, 1.54) is 0 Å². The van der Waals surface area contributed by atoms with Crippen LogP contribution in [0.2, 0.25) is 0 Å². The number of benzene rings is 2. The van der Waals surface area contributed by atoms with Crippen molar-refractivity contribution in [1.82, 2.24) is 15.1 Å². The Morgan fingerprint density at radius 1 is 1.13 bits per heavy atom. The first-order valence-electron chi connectivity index (χ1n) is 9.95. The van der Waals surface area contributed by atoms with Crippen molar-refractivity contribution in [2.75, 3.05) is 5.32 Å². The minimum absolute atomic E-state index is 0.277. The third kappa shape index (κ3) is 4.48. The lowest BCUT2D eigenvalue weighted by Crippen LogP contribution is -2.32. The molecule has 2 aromatic carbocycles. The van der Waals surface area contributed by atoms with E-state index in [4.69, 9.17) is 9.26 Å². The number of esters is 1. The predicted molar refractivity (Wildman–Crippen MR) is 116 cm³/mol. The number of anilines is 1. The number of aromatic amines is 1. The monoisotopic (exact) mass is 418 g/mol. The van der Waals surface area contributed by atoms with Crippen LogP contribution in [0, 0.1) is 13.8 Å². The molecule has 0 aliphatic rings. The highest BCUT2D eigenvalue weighted by Crippen LogP contribution is 2.22. The first-order valence-corrected chi connectivity index (χ1v) is 9.95. The number of nitrogens with one attached hydrogen (secondary N) is 2. The molecule has 31 heavy (non-hydrogen) atoms. The second-order valence-corrected chi connectivity index (χ2v) is 7.30. The summed E-state index contributed by atoms with van der Waals surface area (Å²) in [5.74, 6) is 0.507. The minimum Gasteiger partial charge on any atom is -0.449 e. The van der Waals surface area contributed by atoms with E-state index in [2.05, 4.69) is 20.4 Å². The van der Waals surface area contributed by atoms with Crippen LogP contribution in [0.5, 0.6) is 0 Å². The number of hydrogen-bond donors (Lipinski definition) is 2. The molecule has 0 aliphatic carbocycles. The van der Waals surface area contributed by atoms with E-state index >= 15 is 0 Å². The fourth-order valence-electron chi connectivity index (χ4n) is 3.14. The number of rotatable bonds is 6. The molecule has 0 radical (unpaired) electrons. The van der Waals surface area contributed by atoms with Crippen molar-refractivity contribution in [2.45, 2.75) is 33.3 Å². The predicted octanol–water partition coefficient (Wildman–Crippen LogP) is 4.41. The SMILES string of the molecule is CCC(OC(=O)c1ccc2nc(-c3ccc(C)cc3)[nH]c2c1)C(=O)Nc1cc(C)on1. The van der Waals surface area contributed by atoms with Gasteiger partial charge in [-0.2, -0.15) is 0 Å². The fourth-order valence-corrected chi connectivity index (χ4v) is 3.14. The van der Waals surface area contributed by atoms with Gasteiger partial charge in [-0.05, 0) is 38.5 Å². The third-order valence-corrected chi connectivity index (χ3v) is 4.83. The number of hydrogen-bond acceptors (Lipinski definition) is 6. The van der Waals surface area contributed by atoms with Crippen molar-refractivity contribution < 1.29 is 18.8 Å². The number of imidazole rings is 1. The van der Waals surface area contributed by atoms with Crippen LogP contribution < -0.4 is 5.32 Å². The molecule has 158 valence electrons. The van der Waals surface area contributed by atoms with E-state index < -0.39 is 18.0 Å². The van der Waals surface area contributed by atoms with Gasteiger partial charge in [-0.1, -0.05) is 41.9 Å². The second-order valence-electron chi connectivity index (χ2n) is 7.30.